The molecule has 0 saturated heterocycles. The molecule has 0 aliphatic rings. The van der Waals surface area contributed by atoms with E-state index in [1.807, 2.05) is 0 Å². The molecule has 2 aromatic rings. The Bertz CT molecular complexity index is 785. The minimum Gasteiger partial charge on any atom is -0.351 e. The normalized spacial score (nSPS) is 9.70. The van der Waals surface area contributed by atoms with Gasteiger partial charge in [-0.05, 0) is 23.8 Å². The van der Waals surface area contributed by atoms with Crippen molar-refractivity contribution < 1.29 is 9.59 Å². The smallest absolute Gasteiger partial charge is 0.276 e. The first-order valence-electron chi connectivity index (χ1n) is 6.68. The average Bonchev–Trinajstić information content (AvgIpc) is 2.55. The third-order valence-electron chi connectivity index (χ3n) is 2.85. The van der Waals surface area contributed by atoms with Crippen molar-refractivity contribution in [3.8, 4) is 6.07 Å². The van der Waals surface area contributed by atoms with E-state index in [0.717, 1.165) is 5.56 Å². The number of carbonyl (C=O) groups is 2. The maximum atomic E-state index is 11.9. The first kappa shape index (κ1) is 15.9. The second kappa shape index (κ2) is 7.51. The SMILES string of the molecule is N#CCC(=O)NCc1ccc(NC(=O)c2ccc(=O)[nH]n2)cc1. The number of carbonyl (C=O) groups excluding carboxylic acids is 2. The van der Waals surface area contributed by atoms with E-state index in [9.17, 15) is 14.4 Å². The Kier molecular flexibility index (Phi) is 5.20. The van der Waals surface area contributed by atoms with E-state index >= 15 is 0 Å². The van der Waals surface area contributed by atoms with Crippen LogP contribution in [0.2, 0.25) is 0 Å². The quantitative estimate of drug-likeness (QED) is 0.743. The van der Waals surface area contributed by atoms with Crippen LogP contribution in [-0.4, -0.2) is 22.0 Å². The summed E-state index contributed by atoms with van der Waals surface area (Å²) >= 11 is 0. The zero-order chi connectivity index (χ0) is 16.7. The van der Waals surface area contributed by atoms with Crippen molar-refractivity contribution in [1.82, 2.24) is 15.5 Å². The Balaban J connectivity index is 1.93. The van der Waals surface area contributed by atoms with Crippen molar-refractivity contribution in [1.29, 1.82) is 5.26 Å². The van der Waals surface area contributed by atoms with Gasteiger partial charge >= 0.3 is 0 Å². The number of rotatable bonds is 5. The van der Waals surface area contributed by atoms with Crippen LogP contribution >= 0.6 is 0 Å². The molecule has 8 heteroatoms. The third kappa shape index (κ3) is 4.78. The van der Waals surface area contributed by atoms with Crippen molar-refractivity contribution >= 4 is 17.5 Å². The topological polar surface area (TPSA) is 128 Å². The van der Waals surface area contributed by atoms with Gasteiger partial charge in [-0.1, -0.05) is 12.1 Å². The Morgan fingerprint density at radius 1 is 1.17 bits per heavy atom. The lowest BCUT2D eigenvalue weighted by Gasteiger charge is -2.06. The molecular weight excluding hydrogens is 298 g/mol. The monoisotopic (exact) mass is 311 g/mol. The van der Waals surface area contributed by atoms with Gasteiger partial charge in [0, 0.05) is 18.3 Å². The van der Waals surface area contributed by atoms with E-state index in [2.05, 4.69) is 20.8 Å². The van der Waals surface area contributed by atoms with E-state index in [4.69, 9.17) is 5.26 Å². The summed E-state index contributed by atoms with van der Waals surface area (Å²) < 4.78 is 0. The van der Waals surface area contributed by atoms with Gasteiger partial charge in [0.25, 0.3) is 11.5 Å². The fraction of sp³-hybridized carbons (Fsp3) is 0.133. The summed E-state index contributed by atoms with van der Waals surface area (Å²) in [4.78, 5) is 34.0. The largest absolute Gasteiger partial charge is 0.351 e. The second-order valence-corrected chi connectivity index (χ2v) is 4.57. The number of nitriles is 1. The summed E-state index contributed by atoms with van der Waals surface area (Å²) in [6.07, 6.45) is -0.180. The Labute approximate surface area is 131 Å². The zero-order valence-electron chi connectivity index (χ0n) is 12.0. The molecule has 0 saturated carbocycles. The highest BCUT2D eigenvalue weighted by molar-refractivity contribution is 6.02. The molecule has 0 atom stereocenters. The molecule has 23 heavy (non-hydrogen) atoms. The van der Waals surface area contributed by atoms with E-state index < -0.39 is 5.91 Å². The highest BCUT2D eigenvalue weighted by Gasteiger charge is 2.07. The summed E-state index contributed by atoms with van der Waals surface area (Å²) in [5.74, 6) is -0.787. The summed E-state index contributed by atoms with van der Waals surface area (Å²) in [6.45, 7) is 0.302. The molecule has 8 nitrogen and oxygen atoms in total. The molecule has 1 aromatic heterocycles. The van der Waals surface area contributed by atoms with E-state index in [1.54, 1.807) is 30.3 Å². The minimum absolute atomic E-state index is 0.0949. The summed E-state index contributed by atoms with van der Waals surface area (Å²) in [5, 5.41) is 19.4. The number of hydrogen-bond donors (Lipinski definition) is 3. The number of amides is 2. The molecule has 0 fully saturated rings. The van der Waals surface area contributed by atoms with Crippen LogP contribution in [0.5, 0.6) is 0 Å². The third-order valence-corrected chi connectivity index (χ3v) is 2.85. The maximum absolute atomic E-state index is 11.9. The summed E-state index contributed by atoms with van der Waals surface area (Å²) in [5.41, 5.74) is 1.09. The molecule has 0 aliphatic heterocycles. The maximum Gasteiger partial charge on any atom is 0.276 e. The van der Waals surface area contributed by atoms with Crippen molar-refractivity contribution in [2.45, 2.75) is 13.0 Å². The molecule has 0 spiro atoms. The van der Waals surface area contributed by atoms with Gasteiger partial charge in [-0.15, -0.1) is 0 Å². The lowest BCUT2D eigenvalue weighted by molar-refractivity contribution is -0.120. The second-order valence-electron chi connectivity index (χ2n) is 4.57. The van der Waals surface area contributed by atoms with E-state index in [0.29, 0.717) is 12.2 Å². The molecular formula is C15H13N5O3. The predicted octanol–water partition coefficient (Wildman–Crippen LogP) is 0.552. The number of aromatic amines is 1. The van der Waals surface area contributed by atoms with Gasteiger partial charge in [-0.3, -0.25) is 14.4 Å². The Morgan fingerprint density at radius 3 is 2.52 bits per heavy atom. The number of nitrogens with one attached hydrogen (secondary N) is 3. The molecule has 0 radical (unpaired) electrons. The molecule has 0 unspecified atom stereocenters. The molecule has 116 valence electrons. The molecule has 0 aliphatic carbocycles. The van der Waals surface area contributed by atoms with Crippen LogP contribution in [0.4, 0.5) is 5.69 Å². The number of benzene rings is 1. The molecule has 1 heterocycles. The first-order valence-corrected chi connectivity index (χ1v) is 6.68. The lowest BCUT2D eigenvalue weighted by atomic mass is 10.2. The van der Waals surface area contributed by atoms with Gasteiger partial charge < -0.3 is 10.6 Å². The highest BCUT2D eigenvalue weighted by Crippen LogP contribution is 2.10. The lowest BCUT2D eigenvalue weighted by Crippen LogP contribution is -2.21. The van der Waals surface area contributed by atoms with Gasteiger partial charge in [-0.2, -0.15) is 10.4 Å². The van der Waals surface area contributed by atoms with Gasteiger partial charge in [0.15, 0.2) is 0 Å². The standard InChI is InChI=1S/C15H13N5O3/c16-8-7-13(21)17-9-10-1-3-11(4-2-10)18-15(23)12-5-6-14(22)20-19-12/h1-6H,7,9H2,(H,17,21)(H,18,23)(H,20,22). The average molecular weight is 311 g/mol. The number of aromatic nitrogens is 2. The van der Waals surface area contributed by atoms with E-state index in [1.165, 1.54) is 12.1 Å². The number of anilines is 1. The molecule has 2 amide bonds. The molecule has 3 N–H and O–H groups in total. The minimum atomic E-state index is -0.448. The number of nitrogens with zero attached hydrogens (tertiary/aromatic N) is 2. The van der Waals surface area contributed by atoms with Crippen LogP contribution in [-0.2, 0) is 11.3 Å². The fourth-order valence-corrected chi connectivity index (χ4v) is 1.71. The zero-order valence-corrected chi connectivity index (χ0v) is 12.0. The van der Waals surface area contributed by atoms with Crippen LogP contribution in [0.25, 0.3) is 0 Å². The number of H-pyrrole nitrogens is 1. The van der Waals surface area contributed by atoms with Crippen LogP contribution in [0.1, 0.15) is 22.5 Å². The fourth-order valence-electron chi connectivity index (χ4n) is 1.71. The predicted molar refractivity (Wildman–Crippen MR) is 81.3 cm³/mol. The van der Waals surface area contributed by atoms with Gasteiger partial charge in [0.05, 0.1) is 6.07 Å². The van der Waals surface area contributed by atoms with Crippen molar-refractivity contribution in [3.63, 3.8) is 0 Å². The molecule has 2 rings (SSSR count). The van der Waals surface area contributed by atoms with Gasteiger partial charge in [0.2, 0.25) is 5.91 Å². The number of hydrogen-bond acceptors (Lipinski definition) is 5. The Morgan fingerprint density at radius 2 is 1.91 bits per heavy atom. The van der Waals surface area contributed by atoms with Gasteiger partial charge in [-0.25, -0.2) is 5.10 Å². The molecule has 0 bridgehead atoms. The molecule has 1 aromatic carbocycles. The highest BCUT2D eigenvalue weighted by atomic mass is 16.2. The Hall–Kier alpha value is -3.47. The summed E-state index contributed by atoms with van der Waals surface area (Å²) in [6, 6.07) is 11.1. The van der Waals surface area contributed by atoms with Crippen LogP contribution < -0.4 is 16.2 Å². The van der Waals surface area contributed by atoms with Crippen LogP contribution in [0.3, 0.4) is 0 Å². The first-order chi connectivity index (χ1) is 11.1. The van der Waals surface area contributed by atoms with Crippen LogP contribution in [0.15, 0.2) is 41.2 Å². The van der Waals surface area contributed by atoms with Crippen LogP contribution in [0, 0.1) is 11.3 Å². The van der Waals surface area contributed by atoms with Crippen molar-refractivity contribution in [2.24, 2.45) is 0 Å². The van der Waals surface area contributed by atoms with Crippen molar-refractivity contribution in [2.75, 3.05) is 5.32 Å². The van der Waals surface area contributed by atoms with Gasteiger partial charge in [0.1, 0.15) is 12.1 Å². The summed E-state index contributed by atoms with van der Waals surface area (Å²) in [7, 11) is 0. The van der Waals surface area contributed by atoms with Crippen molar-refractivity contribution in [3.05, 3.63) is 58.0 Å². The van der Waals surface area contributed by atoms with E-state index in [-0.39, 0.29) is 23.6 Å².